The van der Waals surface area contributed by atoms with Crippen LogP contribution in [0.2, 0.25) is 0 Å². The molecule has 1 rings (SSSR count). The number of hydrogen-bond donors (Lipinski definition) is 1. The van der Waals surface area contributed by atoms with Gasteiger partial charge in [0.05, 0.1) is 6.61 Å². The van der Waals surface area contributed by atoms with Crippen LogP contribution in [0.4, 0.5) is 5.69 Å². The van der Waals surface area contributed by atoms with Gasteiger partial charge in [-0.3, -0.25) is 4.79 Å². The van der Waals surface area contributed by atoms with E-state index in [1.165, 1.54) is 0 Å². The van der Waals surface area contributed by atoms with Crippen LogP contribution in [-0.4, -0.2) is 17.9 Å². The van der Waals surface area contributed by atoms with Gasteiger partial charge in [-0.05, 0) is 37.6 Å². The van der Waals surface area contributed by atoms with Crippen LogP contribution in [0.1, 0.15) is 20.3 Å². The monoisotopic (exact) mass is 241 g/mol. The number of anilines is 1. The van der Waals surface area contributed by atoms with E-state index >= 15 is 0 Å². The van der Waals surface area contributed by atoms with Gasteiger partial charge in [0.1, 0.15) is 11.1 Å². The predicted molar refractivity (Wildman–Crippen MR) is 66.2 cm³/mol. The van der Waals surface area contributed by atoms with Crippen molar-refractivity contribution in [1.82, 2.24) is 0 Å². The molecule has 0 saturated heterocycles. The fourth-order valence-corrected chi connectivity index (χ4v) is 1.15. The van der Waals surface area contributed by atoms with Crippen molar-refractivity contribution in [1.29, 1.82) is 0 Å². The highest BCUT2D eigenvalue weighted by Gasteiger charge is 2.08. The summed E-state index contributed by atoms with van der Waals surface area (Å²) in [7, 11) is 0. The Morgan fingerprint density at radius 1 is 1.44 bits per heavy atom. The van der Waals surface area contributed by atoms with Crippen molar-refractivity contribution in [2.45, 2.75) is 25.6 Å². The molecule has 0 fully saturated rings. The molecule has 3 nitrogen and oxygen atoms in total. The van der Waals surface area contributed by atoms with Crippen LogP contribution < -0.4 is 10.1 Å². The maximum Gasteiger partial charge on any atom is 0.242 e. The predicted octanol–water partition coefficient (Wildman–Crippen LogP) is 3.04. The standard InChI is InChI=1S/C12H16ClNO2/c1-3-8-16-11-6-4-10(5-7-11)14-12(15)9(2)13/h4-7,9H,3,8H2,1-2H3,(H,14,15). The zero-order valence-electron chi connectivity index (χ0n) is 9.50. The van der Waals surface area contributed by atoms with E-state index in [1.807, 2.05) is 12.1 Å². The molecule has 0 spiro atoms. The summed E-state index contributed by atoms with van der Waals surface area (Å²) >= 11 is 5.64. The molecule has 1 aromatic carbocycles. The third-order valence-electron chi connectivity index (χ3n) is 1.96. The molecule has 16 heavy (non-hydrogen) atoms. The molecule has 0 aromatic heterocycles. The van der Waals surface area contributed by atoms with Crippen LogP contribution in [0, 0.1) is 0 Å². The average molecular weight is 242 g/mol. The first kappa shape index (κ1) is 12.8. The quantitative estimate of drug-likeness (QED) is 0.805. The van der Waals surface area contributed by atoms with Crippen molar-refractivity contribution in [2.24, 2.45) is 0 Å². The lowest BCUT2D eigenvalue weighted by Crippen LogP contribution is -2.20. The van der Waals surface area contributed by atoms with E-state index in [9.17, 15) is 4.79 Å². The number of halogens is 1. The molecular formula is C12H16ClNO2. The van der Waals surface area contributed by atoms with Gasteiger partial charge in [0.15, 0.2) is 0 Å². The van der Waals surface area contributed by atoms with Crippen molar-refractivity contribution >= 4 is 23.2 Å². The van der Waals surface area contributed by atoms with Crippen molar-refractivity contribution in [3.8, 4) is 5.75 Å². The Morgan fingerprint density at radius 3 is 2.56 bits per heavy atom. The van der Waals surface area contributed by atoms with Crippen LogP contribution >= 0.6 is 11.6 Å². The topological polar surface area (TPSA) is 38.3 Å². The second-order valence-corrected chi connectivity index (χ2v) is 4.13. The fourth-order valence-electron chi connectivity index (χ4n) is 1.10. The van der Waals surface area contributed by atoms with E-state index in [1.54, 1.807) is 19.1 Å². The number of nitrogens with one attached hydrogen (secondary N) is 1. The fraction of sp³-hybridized carbons (Fsp3) is 0.417. The Morgan fingerprint density at radius 2 is 2.06 bits per heavy atom. The number of hydrogen-bond acceptors (Lipinski definition) is 2. The van der Waals surface area contributed by atoms with Crippen LogP contribution in [0.15, 0.2) is 24.3 Å². The van der Waals surface area contributed by atoms with E-state index in [-0.39, 0.29) is 5.91 Å². The minimum Gasteiger partial charge on any atom is -0.494 e. The largest absolute Gasteiger partial charge is 0.494 e. The molecule has 0 bridgehead atoms. The van der Waals surface area contributed by atoms with Crippen molar-refractivity contribution in [3.05, 3.63) is 24.3 Å². The maximum atomic E-state index is 11.3. The Hall–Kier alpha value is -1.22. The molecule has 0 heterocycles. The van der Waals surface area contributed by atoms with Crippen molar-refractivity contribution in [2.75, 3.05) is 11.9 Å². The van der Waals surface area contributed by atoms with Crippen molar-refractivity contribution in [3.63, 3.8) is 0 Å². The van der Waals surface area contributed by atoms with E-state index in [4.69, 9.17) is 16.3 Å². The van der Waals surface area contributed by atoms with E-state index in [2.05, 4.69) is 12.2 Å². The van der Waals surface area contributed by atoms with Gasteiger partial charge in [0, 0.05) is 5.69 Å². The summed E-state index contributed by atoms with van der Waals surface area (Å²) in [6, 6.07) is 7.23. The van der Waals surface area contributed by atoms with Gasteiger partial charge < -0.3 is 10.1 Å². The molecule has 1 atom stereocenters. The Labute approximate surface area is 101 Å². The summed E-state index contributed by atoms with van der Waals surface area (Å²) in [6.07, 6.45) is 0.974. The third-order valence-corrected chi connectivity index (χ3v) is 2.15. The van der Waals surface area contributed by atoms with E-state index in [0.29, 0.717) is 6.61 Å². The first-order valence-electron chi connectivity index (χ1n) is 5.31. The summed E-state index contributed by atoms with van der Waals surface area (Å²) < 4.78 is 5.42. The molecule has 1 aromatic rings. The van der Waals surface area contributed by atoms with Gasteiger partial charge in [-0.15, -0.1) is 11.6 Å². The number of ether oxygens (including phenoxy) is 1. The first-order valence-corrected chi connectivity index (χ1v) is 5.75. The molecule has 0 aliphatic rings. The average Bonchev–Trinajstić information content (AvgIpc) is 2.28. The molecule has 4 heteroatoms. The first-order chi connectivity index (χ1) is 7.63. The number of alkyl halides is 1. The summed E-state index contributed by atoms with van der Waals surface area (Å²) in [5, 5.41) is 2.17. The highest BCUT2D eigenvalue weighted by atomic mass is 35.5. The number of carbonyl (C=O) groups is 1. The molecule has 0 radical (unpaired) electrons. The van der Waals surface area contributed by atoms with Gasteiger partial charge in [0.2, 0.25) is 5.91 Å². The van der Waals surface area contributed by atoms with Gasteiger partial charge in [0.25, 0.3) is 0 Å². The second kappa shape index (κ2) is 6.38. The Bertz CT molecular complexity index is 335. The summed E-state index contributed by atoms with van der Waals surface area (Å²) in [4.78, 5) is 11.3. The van der Waals surface area contributed by atoms with E-state index in [0.717, 1.165) is 17.9 Å². The Kier molecular flexibility index (Phi) is 5.12. The molecule has 1 amide bonds. The molecule has 0 aliphatic carbocycles. The third kappa shape index (κ3) is 4.11. The smallest absolute Gasteiger partial charge is 0.242 e. The normalized spacial score (nSPS) is 11.9. The summed E-state index contributed by atoms with van der Waals surface area (Å²) in [5.74, 6) is 0.600. The van der Waals surface area contributed by atoms with Gasteiger partial charge in [-0.25, -0.2) is 0 Å². The lowest BCUT2D eigenvalue weighted by atomic mass is 10.3. The highest BCUT2D eigenvalue weighted by molar-refractivity contribution is 6.32. The lowest BCUT2D eigenvalue weighted by molar-refractivity contribution is -0.115. The van der Waals surface area contributed by atoms with Gasteiger partial charge >= 0.3 is 0 Å². The van der Waals surface area contributed by atoms with Gasteiger partial charge in [-0.2, -0.15) is 0 Å². The van der Waals surface area contributed by atoms with Crippen molar-refractivity contribution < 1.29 is 9.53 Å². The molecular weight excluding hydrogens is 226 g/mol. The number of carbonyl (C=O) groups excluding carboxylic acids is 1. The maximum absolute atomic E-state index is 11.3. The molecule has 0 aliphatic heterocycles. The molecule has 88 valence electrons. The van der Waals surface area contributed by atoms with E-state index < -0.39 is 5.38 Å². The zero-order valence-corrected chi connectivity index (χ0v) is 10.3. The summed E-state index contributed by atoms with van der Waals surface area (Å²) in [6.45, 7) is 4.39. The Balaban J connectivity index is 2.54. The highest BCUT2D eigenvalue weighted by Crippen LogP contribution is 2.16. The number of benzene rings is 1. The number of rotatable bonds is 5. The SMILES string of the molecule is CCCOc1ccc(NC(=O)C(C)Cl)cc1. The van der Waals surface area contributed by atoms with Crippen LogP contribution in [0.5, 0.6) is 5.75 Å². The van der Waals surface area contributed by atoms with Crippen LogP contribution in [0.3, 0.4) is 0 Å². The van der Waals surface area contributed by atoms with Gasteiger partial charge in [-0.1, -0.05) is 6.92 Å². The minimum atomic E-state index is -0.531. The minimum absolute atomic E-state index is 0.205. The lowest BCUT2D eigenvalue weighted by Gasteiger charge is -2.08. The molecule has 1 unspecified atom stereocenters. The van der Waals surface area contributed by atoms with Crippen LogP contribution in [-0.2, 0) is 4.79 Å². The second-order valence-electron chi connectivity index (χ2n) is 3.48. The number of amides is 1. The zero-order chi connectivity index (χ0) is 12.0. The molecule has 0 saturated carbocycles. The molecule has 1 N–H and O–H groups in total. The summed E-state index contributed by atoms with van der Waals surface area (Å²) in [5.41, 5.74) is 0.723. The van der Waals surface area contributed by atoms with Crippen LogP contribution in [0.25, 0.3) is 0 Å².